The molecule has 9 nitrogen and oxygen atoms in total. The number of aromatic nitrogens is 4. The zero-order chi connectivity index (χ0) is 14.4. The van der Waals surface area contributed by atoms with Gasteiger partial charge >= 0.3 is 0 Å². The highest BCUT2D eigenvalue weighted by Crippen LogP contribution is 2.33. The molecule has 3 rings (SSSR count). The van der Waals surface area contributed by atoms with Crippen molar-refractivity contribution in [3.05, 3.63) is 28.8 Å². The molecule has 9 heteroatoms. The van der Waals surface area contributed by atoms with Crippen molar-refractivity contribution >= 4 is 17.1 Å². The fourth-order valence-electron chi connectivity index (χ4n) is 2.21. The van der Waals surface area contributed by atoms with E-state index in [1.165, 1.54) is 10.9 Å². The molecule has 0 bridgehead atoms. The van der Waals surface area contributed by atoms with Crippen LogP contribution in [0.3, 0.4) is 0 Å². The Bertz CT molecular complexity index is 736. The van der Waals surface area contributed by atoms with Gasteiger partial charge in [0.05, 0.1) is 12.9 Å². The van der Waals surface area contributed by atoms with Crippen LogP contribution in [-0.2, 0) is 4.74 Å². The van der Waals surface area contributed by atoms with Crippen LogP contribution in [0, 0.1) is 0 Å². The van der Waals surface area contributed by atoms with Gasteiger partial charge in [-0.3, -0.25) is 14.3 Å². The first kappa shape index (κ1) is 12.8. The second-order valence-electron chi connectivity index (χ2n) is 4.49. The van der Waals surface area contributed by atoms with E-state index in [0.29, 0.717) is 5.57 Å². The standard InChI is InChI=1S/C11H13N5O4/c1-4-5(2-17)20-10(7(4)18)16-3-13-6-8(16)14-11(12)15-9(6)19/h3,5,7,10,17-18H,1-2H2,(H3,12,14,15,19)/t5-,7+,10-/m0/s1. The fraction of sp³-hybridized carbons (Fsp3) is 0.364. The van der Waals surface area contributed by atoms with Crippen molar-refractivity contribution in [2.24, 2.45) is 0 Å². The van der Waals surface area contributed by atoms with Crippen molar-refractivity contribution < 1.29 is 14.9 Å². The summed E-state index contributed by atoms with van der Waals surface area (Å²) in [7, 11) is 0. The fourth-order valence-corrected chi connectivity index (χ4v) is 2.21. The van der Waals surface area contributed by atoms with E-state index >= 15 is 0 Å². The number of fused-ring (bicyclic) bond motifs is 1. The van der Waals surface area contributed by atoms with Crippen molar-refractivity contribution in [3.8, 4) is 0 Å². The largest absolute Gasteiger partial charge is 0.393 e. The first-order valence-electron chi connectivity index (χ1n) is 5.88. The average molecular weight is 279 g/mol. The van der Waals surface area contributed by atoms with Crippen LogP contribution in [0.1, 0.15) is 6.23 Å². The number of nitrogen functional groups attached to an aromatic ring is 1. The minimum absolute atomic E-state index is 0.0609. The van der Waals surface area contributed by atoms with Crippen LogP contribution >= 0.6 is 0 Å². The van der Waals surface area contributed by atoms with Gasteiger partial charge in [-0.1, -0.05) is 6.58 Å². The third-order valence-corrected chi connectivity index (χ3v) is 3.26. The van der Waals surface area contributed by atoms with Crippen LogP contribution in [0.2, 0.25) is 0 Å². The molecule has 1 aliphatic rings. The quantitative estimate of drug-likeness (QED) is 0.491. The Morgan fingerprint density at radius 2 is 2.35 bits per heavy atom. The molecule has 2 aromatic rings. The summed E-state index contributed by atoms with van der Waals surface area (Å²) >= 11 is 0. The number of H-pyrrole nitrogens is 1. The number of ether oxygens (including phenoxy) is 1. The van der Waals surface area contributed by atoms with E-state index in [2.05, 4.69) is 21.5 Å². The van der Waals surface area contributed by atoms with Gasteiger partial charge in [0, 0.05) is 0 Å². The van der Waals surface area contributed by atoms with Crippen LogP contribution in [0.25, 0.3) is 11.2 Å². The topological polar surface area (TPSA) is 139 Å². The summed E-state index contributed by atoms with van der Waals surface area (Å²) in [4.78, 5) is 21.9. The van der Waals surface area contributed by atoms with Crippen LogP contribution in [-0.4, -0.2) is 48.5 Å². The first-order valence-corrected chi connectivity index (χ1v) is 5.88. The Labute approximate surface area is 112 Å². The van der Waals surface area contributed by atoms with Gasteiger partial charge in [-0.25, -0.2) is 4.98 Å². The monoisotopic (exact) mass is 279 g/mol. The molecule has 3 heterocycles. The number of nitrogens with zero attached hydrogens (tertiary/aromatic N) is 3. The summed E-state index contributed by atoms with van der Waals surface area (Å²) < 4.78 is 6.89. The third-order valence-electron chi connectivity index (χ3n) is 3.26. The molecule has 0 unspecified atom stereocenters. The number of imidazole rings is 1. The molecule has 0 spiro atoms. The summed E-state index contributed by atoms with van der Waals surface area (Å²) in [5.41, 5.74) is 5.67. The Morgan fingerprint density at radius 1 is 1.60 bits per heavy atom. The molecule has 106 valence electrons. The summed E-state index contributed by atoms with van der Waals surface area (Å²) in [5.74, 6) is -0.0609. The van der Waals surface area contributed by atoms with Gasteiger partial charge in [-0.05, 0) is 5.57 Å². The smallest absolute Gasteiger partial charge is 0.280 e. The summed E-state index contributed by atoms with van der Waals surface area (Å²) in [6, 6.07) is 0. The van der Waals surface area contributed by atoms with Crippen LogP contribution in [0.4, 0.5) is 5.95 Å². The molecule has 0 aliphatic carbocycles. The molecule has 2 aromatic heterocycles. The molecule has 0 aromatic carbocycles. The number of nitrogens with two attached hydrogens (primary N) is 1. The number of anilines is 1. The normalized spacial score (nSPS) is 26.5. The minimum Gasteiger partial charge on any atom is -0.393 e. The van der Waals surface area contributed by atoms with E-state index in [1.54, 1.807) is 0 Å². The zero-order valence-corrected chi connectivity index (χ0v) is 10.4. The second kappa shape index (κ2) is 4.40. The van der Waals surface area contributed by atoms with E-state index in [9.17, 15) is 9.90 Å². The van der Waals surface area contributed by atoms with Gasteiger partial charge in [0.15, 0.2) is 17.4 Å². The van der Waals surface area contributed by atoms with Gasteiger partial charge in [-0.2, -0.15) is 4.98 Å². The molecule has 0 radical (unpaired) electrons. The van der Waals surface area contributed by atoms with Gasteiger partial charge in [0.25, 0.3) is 5.56 Å². The maximum atomic E-state index is 11.7. The highest BCUT2D eigenvalue weighted by molar-refractivity contribution is 5.70. The van der Waals surface area contributed by atoms with Gasteiger partial charge in [0.1, 0.15) is 12.2 Å². The van der Waals surface area contributed by atoms with E-state index in [4.69, 9.17) is 15.6 Å². The number of rotatable bonds is 2. The van der Waals surface area contributed by atoms with Crippen molar-refractivity contribution in [2.45, 2.75) is 18.4 Å². The molecule has 1 saturated heterocycles. The van der Waals surface area contributed by atoms with Crippen molar-refractivity contribution in [3.63, 3.8) is 0 Å². The highest BCUT2D eigenvalue weighted by Gasteiger charge is 2.39. The minimum atomic E-state index is -1.04. The number of hydrogen-bond donors (Lipinski definition) is 4. The maximum Gasteiger partial charge on any atom is 0.280 e. The van der Waals surface area contributed by atoms with Crippen molar-refractivity contribution in [1.82, 2.24) is 19.5 Å². The molecule has 1 fully saturated rings. The lowest BCUT2D eigenvalue weighted by Gasteiger charge is -2.15. The molecule has 1 aliphatic heterocycles. The van der Waals surface area contributed by atoms with Crippen LogP contribution in [0.5, 0.6) is 0 Å². The molecule has 3 atom stereocenters. The van der Waals surface area contributed by atoms with Crippen molar-refractivity contribution in [2.75, 3.05) is 12.3 Å². The average Bonchev–Trinajstić information content (AvgIpc) is 2.93. The predicted octanol–water partition coefficient (Wildman–Crippen LogP) is -1.49. The summed E-state index contributed by atoms with van der Waals surface area (Å²) in [6.45, 7) is 3.38. The van der Waals surface area contributed by atoms with E-state index < -0.39 is 24.0 Å². The van der Waals surface area contributed by atoms with Crippen LogP contribution in [0.15, 0.2) is 23.3 Å². The molecule has 0 amide bonds. The first-order chi connectivity index (χ1) is 9.52. The molecular weight excluding hydrogens is 266 g/mol. The second-order valence-corrected chi connectivity index (χ2v) is 4.49. The van der Waals surface area contributed by atoms with Crippen molar-refractivity contribution in [1.29, 1.82) is 0 Å². The van der Waals surface area contributed by atoms with E-state index in [1.807, 2.05) is 0 Å². The zero-order valence-electron chi connectivity index (χ0n) is 10.4. The Hall–Kier alpha value is -2.23. The maximum absolute atomic E-state index is 11.7. The summed E-state index contributed by atoms with van der Waals surface area (Å²) in [5, 5.41) is 19.3. The van der Waals surface area contributed by atoms with E-state index in [0.717, 1.165) is 0 Å². The molecule has 20 heavy (non-hydrogen) atoms. The van der Waals surface area contributed by atoms with Crippen LogP contribution < -0.4 is 11.3 Å². The van der Waals surface area contributed by atoms with E-state index in [-0.39, 0.29) is 23.7 Å². The Balaban J connectivity index is 2.12. The summed E-state index contributed by atoms with van der Waals surface area (Å²) in [6.07, 6.45) is -1.25. The van der Waals surface area contributed by atoms with Gasteiger partial charge < -0.3 is 20.7 Å². The van der Waals surface area contributed by atoms with Gasteiger partial charge in [0.2, 0.25) is 5.95 Å². The molecular formula is C11H13N5O4. The predicted molar refractivity (Wildman–Crippen MR) is 68.7 cm³/mol. The lowest BCUT2D eigenvalue weighted by molar-refractivity contribution is -0.0483. The lowest BCUT2D eigenvalue weighted by Crippen LogP contribution is -2.21. The number of hydrogen-bond acceptors (Lipinski definition) is 7. The SMILES string of the molecule is C=C1[C@H](CO)O[C@H](n2cnc3c(=O)[nH]c(N)nc32)[C@@H]1O. The van der Waals surface area contributed by atoms with Gasteiger partial charge in [-0.15, -0.1) is 0 Å². The number of aliphatic hydroxyl groups is 2. The Morgan fingerprint density at radius 3 is 3.00 bits per heavy atom. The number of aromatic amines is 1. The molecule has 0 saturated carbocycles. The third kappa shape index (κ3) is 1.72. The molecule has 5 N–H and O–H groups in total. The lowest BCUT2D eigenvalue weighted by atomic mass is 10.1. The number of aliphatic hydroxyl groups excluding tert-OH is 2. The highest BCUT2D eigenvalue weighted by atomic mass is 16.5. The Kier molecular flexibility index (Phi) is 2.82. The number of nitrogens with one attached hydrogen (secondary N) is 1.